The second-order valence-corrected chi connectivity index (χ2v) is 13.6. The molecule has 0 spiro atoms. The van der Waals surface area contributed by atoms with E-state index in [1.807, 2.05) is 113 Å². The minimum Gasteiger partial charge on any atom is -0.350 e. The SMILES string of the molecule is Cc1ccccc1CN(C(=O)CN(c1cccc2ccccc12)S(C)(=O)=O)C(Cc1ccccc1)C(=O)NC(C)(C)C. The highest BCUT2D eigenvalue weighted by molar-refractivity contribution is 7.92. The van der Waals surface area contributed by atoms with Gasteiger partial charge < -0.3 is 10.2 Å². The van der Waals surface area contributed by atoms with E-state index in [0.717, 1.165) is 38.0 Å². The van der Waals surface area contributed by atoms with Gasteiger partial charge in [-0.2, -0.15) is 0 Å². The zero-order chi connectivity index (χ0) is 30.5. The molecule has 0 bridgehead atoms. The number of hydrogen-bond acceptors (Lipinski definition) is 4. The van der Waals surface area contributed by atoms with Crippen LogP contribution in [0.4, 0.5) is 5.69 Å². The monoisotopic (exact) mass is 585 g/mol. The summed E-state index contributed by atoms with van der Waals surface area (Å²) in [4.78, 5) is 29.8. The van der Waals surface area contributed by atoms with E-state index < -0.39 is 34.1 Å². The van der Waals surface area contributed by atoms with Gasteiger partial charge in [0.2, 0.25) is 21.8 Å². The summed E-state index contributed by atoms with van der Waals surface area (Å²) in [7, 11) is -3.87. The van der Waals surface area contributed by atoms with Crippen molar-refractivity contribution in [1.29, 1.82) is 0 Å². The molecule has 0 saturated heterocycles. The van der Waals surface area contributed by atoms with Crippen LogP contribution >= 0.6 is 0 Å². The average Bonchev–Trinajstić information content (AvgIpc) is 2.93. The van der Waals surface area contributed by atoms with E-state index >= 15 is 0 Å². The van der Waals surface area contributed by atoms with Crippen molar-refractivity contribution in [3.05, 3.63) is 114 Å². The fourth-order valence-corrected chi connectivity index (χ4v) is 5.86. The van der Waals surface area contributed by atoms with Crippen LogP contribution in [0.25, 0.3) is 10.8 Å². The number of aryl methyl sites for hydroxylation is 1. The number of nitrogens with one attached hydrogen (secondary N) is 1. The van der Waals surface area contributed by atoms with Crippen LogP contribution in [0.1, 0.15) is 37.5 Å². The number of amides is 2. The Bertz CT molecular complexity index is 1660. The maximum atomic E-state index is 14.4. The Morgan fingerprint density at radius 2 is 1.45 bits per heavy atom. The van der Waals surface area contributed by atoms with Gasteiger partial charge in [0.1, 0.15) is 12.6 Å². The quantitative estimate of drug-likeness (QED) is 0.268. The molecule has 0 fully saturated rings. The maximum Gasteiger partial charge on any atom is 0.244 e. The summed E-state index contributed by atoms with van der Waals surface area (Å²) >= 11 is 0. The average molecular weight is 586 g/mol. The molecular formula is C34H39N3O4S. The summed E-state index contributed by atoms with van der Waals surface area (Å²) in [5.41, 5.74) is 2.62. The third-order valence-electron chi connectivity index (χ3n) is 7.09. The molecule has 4 aromatic carbocycles. The first-order valence-electron chi connectivity index (χ1n) is 14.0. The van der Waals surface area contributed by atoms with Crippen LogP contribution in [-0.2, 0) is 32.6 Å². The molecule has 0 radical (unpaired) electrons. The molecule has 0 heterocycles. The number of sulfonamides is 1. The lowest BCUT2D eigenvalue weighted by atomic mass is 10.00. The van der Waals surface area contributed by atoms with E-state index in [4.69, 9.17) is 0 Å². The number of benzene rings is 4. The molecule has 4 rings (SSSR count). The largest absolute Gasteiger partial charge is 0.350 e. The highest BCUT2D eigenvalue weighted by atomic mass is 32.2. The Kier molecular flexibility index (Phi) is 9.36. The molecule has 220 valence electrons. The minimum atomic E-state index is -3.87. The van der Waals surface area contributed by atoms with Crippen molar-refractivity contribution in [2.24, 2.45) is 0 Å². The van der Waals surface area contributed by atoms with Gasteiger partial charge in [-0.3, -0.25) is 13.9 Å². The summed E-state index contributed by atoms with van der Waals surface area (Å²) in [6, 6.07) is 29.2. The highest BCUT2D eigenvalue weighted by Crippen LogP contribution is 2.29. The predicted molar refractivity (Wildman–Crippen MR) is 170 cm³/mol. The van der Waals surface area contributed by atoms with Crippen molar-refractivity contribution < 1.29 is 18.0 Å². The van der Waals surface area contributed by atoms with Gasteiger partial charge in [0.15, 0.2) is 0 Å². The van der Waals surface area contributed by atoms with Crippen LogP contribution in [-0.4, -0.2) is 49.5 Å². The molecule has 0 aliphatic rings. The van der Waals surface area contributed by atoms with Gasteiger partial charge >= 0.3 is 0 Å². The lowest BCUT2D eigenvalue weighted by molar-refractivity contribution is -0.140. The molecule has 0 aliphatic heterocycles. The summed E-state index contributed by atoms with van der Waals surface area (Å²) in [6.07, 6.45) is 1.37. The van der Waals surface area contributed by atoms with Gasteiger partial charge in [-0.1, -0.05) is 91.0 Å². The summed E-state index contributed by atoms with van der Waals surface area (Å²) in [5.74, 6) is -0.772. The molecule has 42 heavy (non-hydrogen) atoms. The van der Waals surface area contributed by atoms with Crippen molar-refractivity contribution in [3.8, 4) is 0 Å². The van der Waals surface area contributed by atoms with E-state index in [1.165, 1.54) is 4.90 Å². The van der Waals surface area contributed by atoms with Crippen LogP contribution in [0.3, 0.4) is 0 Å². The molecule has 1 N–H and O–H groups in total. The van der Waals surface area contributed by atoms with Crippen LogP contribution in [0.5, 0.6) is 0 Å². The van der Waals surface area contributed by atoms with E-state index in [-0.39, 0.29) is 18.9 Å². The van der Waals surface area contributed by atoms with Crippen molar-refractivity contribution in [2.75, 3.05) is 17.1 Å². The Balaban J connectivity index is 1.81. The number of fused-ring (bicyclic) bond motifs is 1. The van der Waals surface area contributed by atoms with E-state index in [2.05, 4.69) is 5.32 Å². The number of carbonyl (C=O) groups excluding carboxylic acids is 2. The van der Waals surface area contributed by atoms with Crippen molar-refractivity contribution in [2.45, 2.75) is 52.2 Å². The molecule has 7 nitrogen and oxygen atoms in total. The summed E-state index contributed by atoms with van der Waals surface area (Å²) in [6.45, 7) is 7.33. The number of nitrogens with zero attached hydrogens (tertiary/aromatic N) is 2. The van der Waals surface area contributed by atoms with E-state index in [1.54, 1.807) is 12.1 Å². The fourth-order valence-electron chi connectivity index (χ4n) is 5.00. The van der Waals surface area contributed by atoms with Gasteiger partial charge in [-0.25, -0.2) is 8.42 Å². The lowest BCUT2D eigenvalue weighted by Crippen LogP contribution is -2.56. The second kappa shape index (κ2) is 12.8. The molecule has 1 atom stereocenters. The molecule has 8 heteroatoms. The maximum absolute atomic E-state index is 14.4. The molecular weight excluding hydrogens is 546 g/mol. The van der Waals surface area contributed by atoms with Gasteiger partial charge in [-0.05, 0) is 55.8 Å². The van der Waals surface area contributed by atoms with Crippen LogP contribution < -0.4 is 9.62 Å². The first-order valence-corrected chi connectivity index (χ1v) is 15.8. The van der Waals surface area contributed by atoms with Gasteiger partial charge in [0.25, 0.3) is 0 Å². The zero-order valence-corrected chi connectivity index (χ0v) is 25.7. The van der Waals surface area contributed by atoms with Crippen molar-refractivity contribution in [3.63, 3.8) is 0 Å². The molecule has 0 saturated carbocycles. The first kappa shape index (κ1) is 30.8. The minimum absolute atomic E-state index is 0.147. The molecule has 1 unspecified atom stereocenters. The van der Waals surface area contributed by atoms with Gasteiger partial charge in [-0.15, -0.1) is 0 Å². The van der Waals surface area contributed by atoms with Crippen LogP contribution in [0.2, 0.25) is 0 Å². The normalized spacial score (nSPS) is 12.5. The lowest BCUT2D eigenvalue weighted by Gasteiger charge is -2.35. The fraction of sp³-hybridized carbons (Fsp3) is 0.294. The molecule has 0 aromatic heterocycles. The third kappa shape index (κ3) is 7.76. The third-order valence-corrected chi connectivity index (χ3v) is 8.21. The number of carbonyl (C=O) groups is 2. The standard InChI is InChI=1S/C34H39N3O4S/c1-25-14-9-10-18-28(25)23-36(31(33(39)35-34(2,3)4)22-26-15-7-6-8-16-26)32(38)24-37(42(5,40)41)30-21-13-19-27-17-11-12-20-29(27)30/h6-21,31H,22-24H2,1-5H3,(H,35,39). The predicted octanol–water partition coefficient (Wildman–Crippen LogP) is 5.47. The Hall–Kier alpha value is -4.17. The van der Waals surface area contributed by atoms with Crippen molar-refractivity contribution >= 4 is 38.3 Å². The topological polar surface area (TPSA) is 86.8 Å². The second-order valence-electron chi connectivity index (χ2n) is 11.7. The number of hydrogen-bond donors (Lipinski definition) is 1. The first-order chi connectivity index (χ1) is 19.8. The van der Waals surface area contributed by atoms with Crippen LogP contribution in [0.15, 0.2) is 97.1 Å². The molecule has 4 aromatic rings. The van der Waals surface area contributed by atoms with E-state index in [9.17, 15) is 18.0 Å². The molecule has 0 aliphatic carbocycles. The van der Waals surface area contributed by atoms with Crippen molar-refractivity contribution in [1.82, 2.24) is 10.2 Å². The number of anilines is 1. The smallest absolute Gasteiger partial charge is 0.244 e. The number of rotatable bonds is 10. The van der Waals surface area contributed by atoms with E-state index in [0.29, 0.717) is 5.69 Å². The Morgan fingerprint density at radius 3 is 2.12 bits per heavy atom. The zero-order valence-electron chi connectivity index (χ0n) is 24.9. The Morgan fingerprint density at radius 1 is 0.833 bits per heavy atom. The highest BCUT2D eigenvalue weighted by Gasteiger charge is 2.34. The summed E-state index contributed by atoms with van der Waals surface area (Å²) in [5, 5.41) is 4.63. The van der Waals surface area contributed by atoms with Gasteiger partial charge in [0, 0.05) is 23.9 Å². The van der Waals surface area contributed by atoms with Gasteiger partial charge in [0.05, 0.1) is 11.9 Å². The molecule has 2 amide bonds. The van der Waals surface area contributed by atoms with Crippen LogP contribution in [0, 0.1) is 6.92 Å². The summed E-state index contributed by atoms with van der Waals surface area (Å²) < 4.78 is 27.6. The Labute approximate surface area is 249 Å².